The molecule has 1 aliphatic heterocycles. The molecule has 1 fully saturated rings. The standard InChI is InChI=1S/C20H24FNO3/c1-20(2,3)18(24)15-16(12-8-10-13(21)11-9-12)22(19(25)17(15)23)14-6-4-5-7-14/h8-11,14,16,23H,4-7H2,1-3H3. The first-order valence-corrected chi connectivity index (χ1v) is 8.78. The Balaban J connectivity index is 2.11. The molecule has 3 rings (SSSR count). The molecule has 0 spiro atoms. The number of hydrogen-bond donors (Lipinski definition) is 1. The second-order valence-corrected chi connectivity index (χ2v) is 7.95. The Bertz CT molecular complexity index is 724. The molecule has 1 aliphatic carbocycles. The number of rotatable bonds is 3. The van der Waals surface area contributed by atoms with Gasteiger partial charge in [0.25, 0.3) is 5.91 Å². The highest BCUT2D eigenvalue weighted by Crippen LogP contribution is 2.44. The van der Waals surface area contributed by atoms with Crippen LogP contribution in [0.25, 0.3) is 0 Å². The van der Waals surface area contributed by atoms with Crippen LogP contribution in [0.5, 0.6) is 0 Å². The molecule has 1 saturated carbocycles. The lowest BCUT2D eigenvalue weighted by Crippen LogP contribution is -2.39. The minimum Gasteiger partial charge on any atom is -0.503 e. The molecule has 0 radical (unpaired) electrons. The number of halogens is 1. The molecule has 1 aromatic carbocycles. The Labute approximate surface area is 147 Å². The normalized spacial score (nSPS) is 22.2. The van der Waals surface area contributed by atoms with E-state index in [1.165, 1.54) is 12.1 Å². The van der Waals surface area contributed by atoms with Crippen molar-refractivity contribution < 1.29 is 19.1 Å². The second kappa shape index (κ2) is 6.28. The summed E-state index contributed by atoms with van der Waals surface area (Å²) < 4.78 is 13.4. The molecule has 1 amide bonds. The maximum atomic E-state index is 13.4. The maximum absolute atomic E-state index is 13.4. The van der Waals surface area contributed by atoms with Gasteiger partial charge in [-0.15, -0.1) is 0 Å². The van der Waals surface area contributed by atoms with Gasteiger partial charge in [-0.2, -0.15) is 0 Å². The number of nitrogens with zero attached hydrogens (tertiary/aromatic N) is 1. The van der Waals surface area contributed by atoms with Crippen molar-refractivity contribution in [2.24, 2.45) is 5.41 Å². The third-order valence-electron chi connectivity index (χ3n) is 5.07. The molecule has 25 heavy (non-hydrogen) atoms. The Kier molecular flexibility index (Phi) is 4.43. The summed E-state index contributed by atoms with van der Waals surface area (Å²) in [4.78, 5) is 27.4. The van der Waals surface area contributed by atoms with Crippen molar-refractivity contribution in [3.63, 3.8) is 0 Å². The number of amides is 1. The molecule has 1 atom stereocenters. The van der Waals surface area contributed by atoms with E-state index in [1.54, 1.807) is 37.8 Å². The molecule has 1 unspecified atom stereocenters. The predicted octanol–water partition coefficient (Wildman–Crippen LogP) is 4.08. The molecule has 2 aliphatic rings. The smallest absolute Gasteiger partial charge is 0.290 e. The van der Waals surface area contributed by atoms with Crippen LogP contribution in [0.3, 0.4) is 0 Å². The summed E-state index contributed by atoms with van der Waals surface area (Å²) in [7, 11) is 0. The molecule has 1 N–H and O–H groups in total. The summed E-state index contributed by atoms with van der Waals surface area (Å²) in [6.45, 7) is 5.29. The van der Waals surface area contributed by atoms with E-state index in [-0.39, 0.29) is 23.2 Å². The molecule has 134 valence electrons. The lowest BCUT2D eigenvalue weighted by Gasteiger charge is -2.33. The van der Waals surface area contributed by atoms with Gasteiger partial charge in [-0.1, -0.05) is 45.7 Å². The van der Waals surface area contributed by atoms with Crippen molar-refractivity contribution in [2.45, 2.75) is 58.5 Å². The average Bonchev–Trinajstić information content (AvgIpc) is 3.14. The van der Waals surface area contributed by atoms with Crippen molar-refractivity contribution in [3.05, 3.63) is 47.0 Å². The lowest BCUT2D eigenvalue weighted by atomic mass is 9.82. The SMILES string of the molecule is CC(C)(C)C(=O)C1=C(O)C(=O)N(C2CCCC2)C1c1ccc(F)cc1. The fourth-order valence-corrected chi connectivity index (χ4v) is 3.79. The van der Waals surface area contributed by atoms with E-state index in [2.05, 4.69) is 0 Å². The van der Waals surface area contributed by atoms with E-state index in [0.717, 1.165) is 25.7 Å². The monoisotopic (exact) mass is 345 g/mol. The molecular formula is C20H24FNO3. The second-order valence-electron chi connectivity index (χ2n) is 7.95. The number of aliphatic hydroxyl groups is 1. The third kappa shape index (κ3) is 3.08. The topological polar surface area (TPSA) is 57.6 Å². The van der Waals surface area contributed by atoms with Crippen LogP contribution < -0.4 is 0 Å². The quantitative estimate of drug-likeness (QED) is 0.898. The number of benzene rings is 1. The summed E-state index contributed by atoms with van der Waals surface area (Å²) in [5, 5.41) is 10.5. The molecule has 1 aromatic rings. The highest BCUT2D eigenvalue weighted by atomic mass is 19.1. The van der Waals surface area contributed by atoms with Gasteiger partial charge in [-0.3, -0.25) is 9.59 Å². The first kappa shape index (κ1) is 17.6. The predicted molar refractivity (Wildman–Crippen MR) is 92.4 cm³/mol. The third-order valence-corrected chi connectivity index (χ3v) is 5.07. The zero-order valence-electron chi connectivity index (χ0n) is 14.9. The van der Waals surface area contributed by atoms with Crippen LogP contribution in [0.4, 0.5) is 4.39 Å². The van der Waals surface area contributed by atoms with E-state index >= 15 is 0 Å². The van der Waals surface area contributed by atoms with Crippen LogP contribution in [-0.2, 0) is 9.59 Å². The Morgan fingerprint density at radius 1 is 1.16 bits per heavy atom. The first-order chi connectivity index (χ1) is 11.7. The van der Waals surface area contributed by atoms with Gasteiger partial charge in [0.1, 0.15) is 5.82 Å². The Morgan fingerprint density at radius 2 is 1.72 bits per heavy atom. The van der Waals surface area contributed by atoms with Gasteiger partial charge in [-0.05, 0) is 30.5 Å². The highest BCUT2D eigenvalue weighted by Gasteiger charge is 2.48. The Morgan fingerprint density at radius 3 is 2.24 bits per heavy atom. The average molecular weight is 345 g/mol. The van der Waals surface area contributed by atoms with E-state index in [0.29, 0.717) is 5.56 Å². The number of ketones is 1. The fraction of sp³-hybridized carbons (Fsp3) is 0.500. The summed E-state index contributed by atoms with van der Waals surface area (Å²) in [5.74, 6) is -1.58. The van der Waals surface area contributed by atoms with Crippen LogP contribution in [0.1, 0.15) is 58.1 Å². The van der Waals surface area contributed by atoms with Crippen LogP contribution in [0, 0.1) is 11.2 Å². The van der Waals surface area contributed by atoms with Crippen LogP contribution in [0.15, 0.2) is 35.6 Å². The molecule has 4 nitrogen and oxygen atoms in total. The van der Waals surface area contributed by atoms with Crippen molar-refractivity contribution >= 4 is 11.7 Å². The summed E-state index contributed by atoms with van der Waals surface area (Å²) in [5.41, 5.74) is 0.0578. The minimum atomic E-state index is -0.729. The van der Waals surface area contributed by atoms with E-state index < -0.39 is 23.1 Å². The molecular weight excluding hydrogens is 321 g/mol. The van der Waals surface area contributed by atoms with Gasteiger partial charge >= 0.3 is 0 Å². The number of aliphatic hydroxyl groups excluding tert-OH is 1. The van der Waals surface area contributed by atoms with Gasteiger partial charge in [0.2, 0.25) is 0 Å². The maximum Gasteiger partial charge on any atom is 0.290 e. The van der Waals surface area contributed by atoms with Gasteiger partial charge in [0.15, 0.2) is 11.5 Å². The van der Waals surface area contributed by atoms with Crippen molar-refractivity contribution in [2.75, 3.05) is 0 Å². The summed E-state index contributed by atoms with van der Waals surface area (Å²) in [6.07, 6.45) is 3.75. The first-order valence-electron chi connectivity index (χ1n) is 8.78. The number of Topliss-reactive ketones (excluding diaryl/α,β-unsaturated/α-hetero) is 1. The van der Waals surface area contributed by atoms with Crippen molar-refractivity contribution in [1.29, 1.82) is 0 Å². The van der Waals surface area contributed by atoms with Crippen molar-refractivity contribution in [3.8, 4) is 0 Å². The fourth-order valence-electron chi connectivity index (χ4n) is 3.79. The molecule has 1 heterocycles. The van der Waals surface area contributed by atoms with Crippen LogP contribution in [-0.4, -0.2) is 27.7 Å². The van der Waals surface area contributed by atoms with Gasteiger partial charge in [0, 0.05) is 11.5 Å². The highest BCUT2D eigenvalue weighted by molar-refractivity contribution is 6.10. The molecule has 5 heteroatoms. The number of carbonyl (C=O) groups excluding carboxylic acids is 2. The molecule has 0 aromatic heterocycles. The van der Waals surface area contributed by atoms with E-state index in [1.807, 2.05) is 0 Å². The molecule has 0 bridgehead atoms. The van der Waals surface area contributed by atoms with Crippen LogP contribution in [0.2, 0.25) is 0 Å². The largest absolute Gasteiger partial charge is 0.503 e. The summed E-state index contributed by atoms with van der Waals surface area (Å²) >= 11 is 0. The number of hydrogen-bond acceptors (Lipinski definition) is 3. The van der Waals surface area contributed by atoms with E-state index in [4.69, 9.17) is 0 Å². The van der Waals surface area contributed by atoms with Crippen LogP contribution >= 0.6 is 0 Å². The van der Waals surface area contributed by atoms with E-state index in [9.17, 15) is 19.1 Å². The van der Waals surface area contributed by atoms with Gasteiger partial charge < -0.3 is 10.0 Å². The van der Waals surface area contributed by atoms with Crippen molar-refractivity contribution in [1.82, 2.24) is 4.90 Å². The minimum absolute atomic E-state index is 0.00466. The summed E-state index contributed by atoms with van der Waals surface area (Å²) in [6, 6.07) is 5.16. The zero-order valence-corrected chi connectivity index (χ0v) is 14.9. The van der Waals surface area contributed by atoms with Gasteiger partial charge in [0.05, 0.1) is 11.6 Å². The van der Waals surface area contributed by atoms with Gasteiger partial charge in [-0.25, -0.2) is 4.39 Å². The Hall–Kier alpha value is -2.17. The number of carbonyl (C=O) groups is 2. The molecule has 0 saturated heterocycles. The zero-order chi connectivity index (χ0) is 18.4. The lowest BCUT2D eigenvalue weighted by molar-refractivity contribution is -0.131.